The standard InChI is InChI=1S/C18H15ClN4O4S/c1-10(24)20-14-5-4-11(7-13(14)19)21-16(25)8-12-9-28-18(22-12)23-17(26)15-3-2-6-27-15/h2-7,9H,8H2,1H3,(H,20,24)(H,21,25)(H,22,23,26). The van der Waals surface area contributed by atoms with E-state index in [-0.39, 0.29) is 24.0 Å². The van der Waals surface area contributed by atoms with Gasteiger partial charge in [-0.3, -0.25) is 19.7 Å². The highest BCUT2D eigenvalue weighted by molar-refractivity contribution is 7.14. The highest BCUT2D eigenvalue weighted by Gasteiger charge is 2.13. The summed E-state index contributed by atoms with van der Waals surface area (Å²) in [4.78, 5) is 39.4. The number of carbonyl (C=O) groups is 3. The Morgan fingerprint density at radius 3 is 2.68 bits per heavy atom. The van der Waals surface area contributed by atoms with Crippen LogP contribution in [0.15, 0.2) is 46.4 Å². The van der Waals surface area contributed by atoms with E-state index in [2.05, 4.69) is 20.9 Å². The number of nitrogens with one attached hydrogen (secondary N) is 3. The maximum absolute atomic E-state index is 12.2. The zero-order valence-electron chi connectivity index (χ0n) is 14.6. The van der Waals surface area contributed by atoms with Crippen molar-refractivity contribution in [3.05, 3.63) is 58.5 Å². The third-order valence-corrected chi connectivity index (χ3v) is 4.54. The minimum atomic E-state index is -0.413. The summed E-state index contributed by atoms with van der Waals surface area (Å²) in [5.41, 5.74) is 1.47. The van der Waals surface area contributed by atoms with Gasteiger partial charge in [0.25, 0.3) is 5.91 Å². The van der Waals surface area contributed by atoms with Crippen molar-refractivity contribution in [2.24, 2.45) is 0 Å². The molecule has 0 aliphatic rings. The van der Waals surface area contributed by atoms with Crippen LogP contribution in [0.4, 0.5) is 16.5 Å². The molecule has 10 heteroatoms. The molecule has 0 aliphatic carbocycles. The zero-order chi connectivity index (χ0) is 20.1. The highest BCUT2D eigenvalue weighted by Crippen LogP contribution is 2.25. The summed E-state index contributed by atoms with van der Waals surface area (Å²) in [5.74, 6) is -0.770. The van der Waals surface area contributed by atoms with Crippen LogP contribution in [-0.4, -0.2) is 22.7 Å². The molecule has 0 atom stereocenters. The third kappa shape index (κ3) is 5.18. The van der Waals surface area contributed by atoms with Crippen molar-refractivity contribution in [1.29, 1.82) is 0 Å². The lowest BCUT2D eigenvalue weighted by molar-refractivity contribution is -0.116. The van der Waals surface area contributed by atoms with Crippen molar-refractivity contribution in [3.63, 3.8) is 0 Å². The summed E-state index contributed by atoms with van der Waals surface area (Å²) in [6.45, 7) is 1.38. The number of hydrogen-bond acceptors (Lipinski definition) is 6. The number of halogens is 1. The Morgan fingerprint density at radius 1 is 1.18 bits per heavy atom. The Bertz CT molecular complexity index is 1020. The summed E-state index contributed by atoms with van der Waals surface area (Å²) >= 11 is 7.29. The van der Waals surface area contributed by atoms with Gasteiger partial charge in [0.05, 0.1) is 29.1 Å². The number of amides is 3. The van der Waals surface area contributed by atoms with E-state index in [1.54, 1.807) is 35.7 Å². The van der Waals surface area contributed by atoms with E-state index in [4.69, 9.17) is 16.0 Å². The fourth-order valence-corrected chi connectivity index (χ4v) is 3.20. The molecule has 144 valence electrons. The maximum atomic E-state index is 12.2. The van der Waals surface area contributed by atoms with Crippen LogP contribution in [0, 0.1) is 0 Å². The molecule has 2 aromatic heterocycles. The van der Waals surface area contributed by atoms with E-state index in [9.17, 15) is 14.4 Å². The number of nitrogens with zero attached hydrogens (tertiary/aromatic N) is 1. The van der Waals surface area contributed by atoms with Crippen LogP contribution in [0.25, 0.3) is 0 Å². The highest BCUT2D eigenvalue weighted by atomic mass is 35.5. The number of thiazole rings is 1. The molecule has 1 aromatic carbocycles. The minimum absolute atomic E-state index is 0.0260. The molecule has 0 unspecified atom stereocenters. The first kappa shape index (κ1) is 19.6. The Hall–Kier alpha value is -3.17. The van der Waals surface area contributed by atoms with Crippen LogP contribution in [0.5, 0.6) is 0 Å². The molecule has 3 rings (SSSR count). The van der Waals surface area contributed by atoms with Crippen molar-refractivity contribution in [2.45, 2.75) is 13.3 Å². The third-order valence-electron chi connectivity index (χ3n) is 3.42. The molecule has 3 amide bonds. The van der Waals surface area contributed by atoms with Gasteiger partial charge < -0.3 is 15.1 Å². The van der Waals surface area contributed by atoms with Crippen LogP contribution in [0.1, 0.15) is 23.2 Å². The van der Waals surface area contributed by atoms with Crippen LogP contribution >= 0.6 is 22.9 Å². The SMILES string of the molecule is CC(=O)Nc1ccc(NC(=O)Cc2csc(NC(=O)c3ccco3)n2)cc1Cl. The topological polar surface area (TPSA) is 113 Å². The van der Waals surface area contributed by atoms with Crippen molar-refractivity contribution in [1.82, 2.24) is 4.98 Å². The van der Waals surface area contributed by atoms with Gasteiger partial charge in [0.1, 0.15) is 0 Å². The summed E-state index contributed by atoms with van der Waals surface area (Å²) in [6.07, 6.45) is 1.43. The van der Waals surface area contributed by atoms with Gasteiger partial charge in [-0.15, -0.1) is 11.3 Å². The predicted octanol–water partition coefficient (Wildman–Crippen LogP) is 3.78. The Morgan fingerprint density at radius 2 is 2.00 bits per heavy atom. The van der Waals surface area contributed by atoms with Gasteiger partial charge in [0.15, 0.2) is 10.9 Å². The van der Waals surface area contributed by atoms with E-state index in [0.29, 0.717) is 27.2 Å². The number of carbonyl (C=O) groups excluding carboxylic acids is 3. The molecule has 0 saturated heterocycles. The van der Waals surface area contributed by atoms with Crippen LogP contribution in [0.3, 0.4) is 0 Å². The molecule has 3 N–H and O–H groups in total. The molecule has 0 saturated carbocycles. The first-order valence-corrected chi connectivity index (χ1v) is 9.32. The van der Waals surface area contributed by atoms with Crippen LogP contribution < -0.4 is 16.0 Å². The molecule has 2 heterocycles. The Balaban J connectivity index is 1.56. The molecule has 0 radical (unpaired) electrons. The van der Waals surface area contributed by atoms with Gasteiger partial charge in [-0.2, -0.15) is 0 Å². The zero-order valence-corrected chi connectivity index (χ0v) is 16.2. The first-order valence-electron chi connectivity index (χ1n) is 8.07. The first-order chi connectivity index (χ1) is 13.4. The second-order valence-electron chi connectivity index (χ2n) is 5.68. The van der Waals surface area contributed by atoms with Gasteiger partial charge in [-0.25, -0.2) is 4.98 Å². The van der Waals surface area contributed by atoms with Crippen LogP contribution in [0.2, 0.25) is 5.02 Å². The largest absolute Gasteiger partial charge is 0.459 e. The summed E-state index contributed by atoms with van der Waals surface area (Å²) in [7, 11) is 0. The molecule has 0 spiro atoms. The van der Waals surface area contributed by atoms with E-state index < -0.39 is 5.91 Å². The lowest BCUT2D eigenvalue weighted by Crippen LogP contribution is -2.15. The Kier molecular flexibility index (Phi) is 6.07. The van der Waals surface area contributed by atoms with Gasteiger partial charge >= 0.3 is 0 Å². The van der Waals surface area contributed by atoms with Gasteiger partial charge in [-0.05, 0) is 30.3 Å². The molecule has 0 bridgehead atoms. The molecule has 8 nitrogen and oxygen atoms in total. The molecule has 28 heavy (non-hydrogen) atoms. The van der Waals surface area contributed by atoms with Crippen molar-refractivity contribution >= 4 is 57.2 Å². The van der Waals surface area contributed by atoms with Crippen LogP contribution in [-0.2, 0) is 16.0 Å². The summed E-state index contributed by atoms with van der Waals surface area (Å²) < 4.78 is 5.01. The van der Waals surface area contributed by atoms with Gasteiger partial charge in [0.2, 0.25) is 11.8 Å². The smallest absolute Gasteiger partial charge is 0.293 e. The van der Waals surface area contributed by atoms with E-state index in [1.807, 2.05) is 0 Å². The fraction of sp³-hybridized carbons (Fsp3) is 0.111. The van der Waals surface area contributed by atoms with E-state index in [0.717, 1.165) is 0 Å². The maximum Gasteiger partial charge on any atom is 0.293 e. The average Bonchev–Trinajstić information content (AvgIpc) is 3.29. The molecular weight excluding hydrogens is 404 g/mol. The Labute approximate surface area is 168 Å². The lowest BCUT2D eigenvalue weighted by atomic mass is 10.2. The number of anilines is 3. The number of hydrogen-bond donors (Lipinski definition) is 3. The number of furan rings is 1. The average molecular weight is 419 g/mol. The molecular formula is C18H15ClN4O4S. The number of rotatable bonds is 6. The van der Waals surface area contributed by atoms with Crippen molar-refractivity contribution < 1.29 is 18.8 Å². The fourth-order valence-electron chi connectivity index (χ4n) is 2.27. The molecule has 0 aliphatic heterocycles. The molecule has 0 fully saturated rings. The second kappa shape index (κ2) is 8.68. The van der Waals surface area contributed by atoms with Crippen molar-refractivity contribution in [2.75, 3.05) is 16.0 Å². The molecule has 3 aromatic rings. The quantitative estimate of drug-likeness (QED) is 0.563. The predicted molar refractivity (Wildman–Crippen MR) is 107 cm³/mol. The summed E-state index contributed by atoms with van der Waals surface area (Å²) in [5, 5.41) is 10.3. The second-order valence-corrected chi connectivity index (χ2v) is 6.94. The lowest BCUT2D eigenvalue weighted by Gasteiger charge is -2.08. The van der Waals surface area contributed by atoms with E-state index in [1.165, 1.54) is 24.5 Å². The van der Waals surface area contributed by atoms with Gasteiger partial charge in [-0.1, -0.05) is 11.6 Å². The monoisotopic (exact) mass is 418 g/mol. The normalized spacial score (nSPS) is 10.4. The van der Waals surface area contributed by atoms with Gasteiger partial charge in [0, 0.05) is 18.0 Å². The number of benzene rings is 1. The summed E-state index contributed by atoms with van der Waals surface area (Å²) in [6, 6.07) is 7.93. The minimum Gasteiger partial charge on any atom is -0.459 e. The number of aromatic nitrogens is 1. The van der Waals surface area contributed by atoms with Crippen molar-refractivity contribution in [3.8, 4) is 0 Å². The van der Waals surface area contributed by atoms with E-state index >= 15 is 0 Å².